The van der Waals surface area contributed by atoms with E-state index in [0.717, 1.165) is 12.1 Å². The highest BCUT2D eigenvalue weighted by atomic mass is 19.1. The van der Waals surface area contributed by atoms with E-state index >= 15 is 0 Å². The summed E-state index contributed by atoms with van der Waals surface area (Å²) in [6.07, 6.45) is 0. The van der Waals surface area contributed by atoms with Crippen molar-refractivity contribution >= 4 is 5.69 Å². The Morgan fingerprint density at radius 3 is 2.28 bits per heavy atom. The van der Waals surface area contributed by atoms with E-state index in [0.29, 0.717) is 0 Å². The first kappa shape index (κ1) is 11.9. The van der Waals surface area contributed by atoms with Gasteiger partial charge in [-0.3, -0.25) is 0 Å². The van der Waals surface area contributed by atoms with Crippen LogP contribution in [0.15, 0.2) is 36.4 Å². The normalized spacial score (nSPS) is 9.83. The zero-order chi connectivity index (χ0) is 13.1. The molecule has 5 heteroatoms. The first-order valence-corrected chi connectivity index (χ1v) is 5.03. The number of benzene rings is 2. The van der Waals surface area contributed by atoms with Crippen LogP contribution >= 0.6 is 0 Å². The smallest absolute Gasteiger partial charge is 0.198 e. The molecule has 0 fully saturated rings. The van der Waals surface area contributed by atoms with Crippen LogP contribution in [-0.2, 0) is 0 Å². The monoisotopic (exact) mass is 246 g/mol. The fourth-order valence-corrected chi connectivity index (χ4v) is 1.41. The molecular weight excluding hydrogens is 238 g/mol. The minimum absolute atomic E-state index is 0.113. The first-order valence-electron chi connectivity index (χ1n) is 5.03. The summed E-state index contributed by atoms with van der Waals surface area (Å²) in [5.41, 5.74) is 5.75. The lowest BCUT2D eigenvalue weighted by atomic mass is 10.2. The van der Waals surface area contributed by atoms with Crippen LogP contribution in [0.4, 0.5) is 14.5 Å². The highest BCUT2D eigenvalue weighted by Crippen LogP contribution is 2.31. The molecule has 0 radical (unpaired) electrons. The average Bonchev–Trinajstić information content (AvgIpc) is 2.35. The predicted molar refractivity (Wildman–Crippen MR) is 62.0 cm³/mol. The molecule has 2 aromatic carbocycles. The van der Waals surface area contributed by atoms with E-state index in [1.165, 1.54) is 6.07 Å². The second-order valence-corrected chi connectivity index (χ2v) is 3.52. The van der Waals surface area contributed by atoms with E-state index in [1.54, 1.807) is 24.3 Å². The van der Waals surface area contributed by atoms with Crippen molar-refractivity contribution in [2.45, 2.75) is 0 Å². The Morgan fingerprint density at radius 1 is 1.11 bits per heavy atom. The highest BCUT2D eigenvalue weighted by molar-refractivity contribution is 5.54. The van der Waals surface area contributed by atoms with Gasteiger partial charge in [0.15, 0.2) is 23.1 Å². The van der Waals surface area contributed by atoms with E-state index < -0.39 is 17.4 Å². The summed E-state index contributed by atoms with van der Waals surface area (Å²) in [6, 6.07) is 9.80. The van der Waals surface area contributed by atoms with Gasteiger partial charge in [0.05, 0.1) is 17.3 Å². The molecule has 2 N–H and O–H groups in total. The van der Waals surface area contributed by atoms with Crippen LogP contribution < -0.4 is 10.5 Å². The van der Waals surface area contributed by atoms with Gasteiger partial charge in [0.25, 0.3) is 0 Å². The molecule has 0 saturated carbocycles. The van der Waals surface area contributed by atoms with Crippen molar-refractivity contribution < 1.29 is 13.5 Å². The predicted octanol–water partition coefficient (Wildman–Crippen LogP) is 3.21. The van der Waals surface area contributed by atoms with Crippen LogP contribution in [0.5, 0.6) is 11.5 Å². The minimum atomic E-state index is -0.949. The van der Waals surface area contributed by atoms with Crippen molar-refractivity contribution in [3.05, 3.63) is 53.6 Å². The molecule has 2 aromatic rings. The maximum Gasteiger partial charge on any atom is 0.198 e. The Balaban J connectivity index is 2.42. The number of anilines is 1. The number of halogens is 2. The summed E-state index contributed by atoms with van der Waals surface area (Å²) >= 11 is 0. The maximum atomic E-state index is 13.6. The van der Waals surface area contributed by atoms with E-state index in [4.69, 9.17) is 15.7 Å². The first-order chi connectivity index (χ1) is 8.61. The molecule has 18 heavy (non-hydrogen) atoms. The molecule has 0 bridgehead atoms. The van der Waals surface area contributed by atoms with Crippen molar-refractivity contribution in [2.24, 2.45) is 0 Å². The fraction of sp³-hybridized carbons (Fsp3) is 0. The number of hydrogen-bond donors (Lipinski definition) is 1. The number of hydrogen-bond acceptors (Lipinski definition) is 3. The summed E-state index contributed by atoms with van der Waals surface area (Å²) in [7, 11) is 0. The standard InChI is InChI=1S/C13H8F2N2O/c14-9-5-8(7-16)6-10(15)13(9)18-12-4-2-1-3-11(12)17/h1-6H,17H2. The minimum Gasteiger partial charge on any atom is -0.449 e. The third kappa shape index (κ3) is 2.23. The molecule has 0 amide bonds. The van der Waals surface area contributed by atoms with Gasteiger partial charge in [-0.05, 0) is 24.3 Å². The largest absolute Gasteiger partial charge is 0.449 e. The molecule has 0 aliphatic heterocycles. The summed E-state index contributed by atoms with van der Waals surface area (Å²) in [6.45, 7) is 0. The fourth-order valence-electron chi connectivity index (χ4n) is 1.41. The summed E-state index contributed by atoms with van der Waals surface area (Å²) in [5, 5.41) is 8.57. The van der Waals surface area contributed by atoms with Gasteiger partial charge in [-0.15, -0.1) is 0 Å². The molecule has 0 atom stereocenters. The van der Waals surface area contributed by atoms with Crippen LogP contribution in [0.2, 0.25) is 0 Å². The van der Waals surface area contributed by atoms with Gasteiger partial charge in [0, 0.05) is 0 Å². The number of nitrogens with two attached hydrogens (primary N) is 1. The molecule has 0 aliphatic carbocycles. The summed E-state index contributed by atoms with van der Waals surface area (Å²) in [5.74, 6) is -2.32. The third-order valence-electron chi connectivity index (χ3n) is 2.26. The van der Waals surface area contributed by atoms with E-state index in [9.17, 15) is 8.78 Å². The van der Waals surface area contributed by atoms with Gasteiger partial charge >= 0.3 is 0 Å². The van der Waals surface area contributed by atoms with E-state index in [-0.39, 0.29) is 17.0 Å². The van der Waals surface area contributed by atoms with Crippen molar-refractivity contribution in [1.82, 2.24) is 0 Å². The highest BCUT2D eigenvalue weighted by Gasteiger charge is 2.14. The van der Waals surface area contributed by atoms with Crippen molar-refractivity contribution in [3.8, 4) is 17.6 Å². The maximum absolute atomic E-state index is 13.6. The number of nitrogen functional groups attached to an aromatic ring is 1. The molecule has 0 unspecified atom stereocenters. The number of para-hydroxylation sites is 2. The van der Waals surface area contributed by atoms with Gasteiger partial charge in [-0.2, -0.15) is 5.26 Å². The number of nitrogens with zero attached hydrogens (tertiary/aromatic N) is 1. The summed E-state index contributed by atoms with van der Waals surface area (Å²) in [4.78, 5) is 0. The molecule has 0 spiro atoms. The van der Waals surface area contributed by atoms with Crippen molar-refractivity contribution in [1.29, 1.82) is 5.26 Å². The molecule has 0 aromatic heterocycles. The van der Waals surface area contributed by atoms with Crippen LogP contribution in [-0.4, -0.2) is 0 Å². The zero-order valence-electron chi connectivity index (χ0n) is 9.15. The Kier molecular flexibility index (Phi) is 3.11. The average molecular weight is 246 g/mol. The van der Waals surface area contributed by atoms with Gasteiger partial charge in [-0.1, -0.05) is 12.1 Å². The molecule has 3 nitrogen and oxygen atoms in total. The van der Waals surface area contributed by atoms with E-state index in [2.05, 4.69) is 0 Å². The second-order valence-electron chi connectivity index (χ2n) is 3.52. The molecular formula is C13H8F2N2O. The Hall–Kier alpha value is -2.61. The molecule has 0 aliphatic rings. The van der Waals surface area contributed by atoms with Gasteiger partial charge in [-0.25, -0.2) is 8.78 Å². The van der Waals surface area contributed by atoms with Crippen LogP contribution in [0.1, 0.15) is 5.56 Å². The Labute approximate surface area is 102 Å². The number of ether oxygens (including phenoxy) is 1. The molecule has 0 heterocycles. The SMILES string of the molecule is N#Cc1cc(F)c(Oc2ccccc2N)c(F)c1. The number of nitriles is 1. The Morgan fingerprint density at radius 2 is 1.72 bits per heavy atom. The van der Waals surface area contributed by atoms with Crippen LogP contribution in [0, 0.1) is 23.0 Å². The number of rotatable bonds is 2. The Bertz CT molecular complexity index is 612. The molecule has 2 rings (SSSR count). The lowest BCUT2D eigenvalue weighted by molar-refractivity contribution is 0.409. The van der Waals surface area contributed by atoms with Crippen molar-refractivity contribution in [2.75, 3.05) is 5.73 Å². The van der Waals surface area contributed by atoms with Crippen LogP contribution in [0.3, 0.4) is 0 Å². The molecule has 0 saturated heterocycles. The van der Waals surface area contributed by atoms with Gasteiger partial charge in [0.2, 0.25) is 0 Å². The summed E-state index contributed by atoms with van der Waals surface area (Å²) < 4.78 is 32.2. The quantitative estimate of drug-likeness (QED) is 0.827. The molecule has 90 valence electrons. The lowest BCUT2D eigenvalue weighted by Crippen LogP contribution is -1.97. The van der Waals surface area contributed by atoms with Gasteiger partial charge < -0.3 is 10.5 Å². The lowest BCUT2D eigenvalue weighted by Gasteiger charge is -2.09. The third-order valence-corrected chi connectivity index (χ3v) is 2.26. The van der Waals surface area contributed by atoms with E-state index in [1.807, 2.05) is 0 Å². The van der Waals surface area contributed by atoms with Crippen molar-refractivity contribution in [3.63, 3.8) is 0 Å². The zero-order valence-corrected chi connectivity index (χ0v) is 9.15. The second kappa shape index (κ2) is 4.72. The van der Waals surface area contributed by atoms with Gasteiger partial charge in [0.1, 0.15) is 0 Å². The van der Waals surface area contributed by atoms with Crippen LogP contribution in [0.25, 0.3) is 0 Å². The topological polar surface area (TPSA) is 59.0 Å².